The van der Waals surface area contributed by atoms with Crippen molar-refractivity contribution in [3.63, 3.8) is 0 Å². The number of anilines is 1. The molecule has 3 rings (SSSR count). The number of piperidine rings is 1. The van der Waals surface area contributed by atoms with E-state index in [0.717, 1.165) is 31.4 Å². The van der Waals surface area contributed by atoms with E-state index in [0.29, 0.717) is 19.5 Å². The highest BCUT2D eigenvalue weighted by Gasteiger charge is 2.43. The number of fused-ring (bicyclic) bond motifs is 1. The lowest BCUT2D eigenvalue weighted by Crippen LogP contribution is -2.55. The molecule has 6 heteroatoms. The van der Waals surface area contributed by atoms with Crippen molar-refractivity contribution in [3.8, 4) is 0 Å². The quantitative estimate of drug-likeness (QED) is 0.836. The predicted molar refractivity (Wildman–Crippen MR) is 89.3 cm³/mol. The highest BCUT2D eigenvalue weighted by atomic mass is 16.3. The second-order valence-corrected chi connectivity index (χ2v) is 8.02. The number of aromatic nitrogens is 2. The van der Waals surface area contributed by atoms with Crippen LogP contribution in [0.3, 0.4) is 0 Å². The monoisotopic (exact) mass is 320 g/mol. The van der Waals surface area contributed by atoms with Crippen LogP contribution in [0.4, 0.5) is 10.5 Å². The summed E-state index contributed by atoms with van der Waals surface area (Å²) in [5.41, 5.74) is 0.0631. The number of nitrogens with zero attached hydrogens (tertiary/aromatic N) is 3. The van der Waals surface area contributed by atoms with E-state index in [1.807, 2.05) is 15.8 Å². The number of hydrogen-bond donors (Lipinski definition) is 2. The third-order valence-electron chi connectivity index (χ3n) is 5.24. The first-order valence-corrected chi connectivity index (χ1v) is 8.61. The van der Waals surface area contributed by atoms with E-state index in [1.54, 1.807) is 6.20 Å². The molecule has 1 aromatic heterocycles. The van der Waals surface area contributed by atoms with Gasteiger partial charge in [-0.3, -0.25) is 4.68 Å². The van der Waals surface area contributed by atoms with Crippen LogP contribution in [0.1, 0.15) is 52.9 Å². The summed E-state index contributed by atoms with van der Waals surface area (Å²) in [6.45, 7) is 7.47. The molecule has 0 aromatic carbocycles. The summed E-state index contributed by atoms with van der Waals surface area (Å²) in [5, 5.41) is 17.9. The zero-order valence-corrected chi connectivity index (χ0v) is 14.4. The second-order valence-electron chi connectivity index (χ2n) is 8.02. The van der Waals surface area contributed by atoms with Gasteiger partial charge >= 0.3 is 6.03 Å². The fraction of sp³-hybridized carbons (Fsp3) is 0.765. The second kappa shape index (κ2) is 5.82. The summed E-state index contributed by atoms with van der Waals surface area (Å²) in [4.78, 5) is 14.3. The van der Waals surface area contributed by atoms with Crippen LogP contribution in [0.25, 0.3) is 0 Å². The van der Waals surface area contributed by atoms with Crippen LogP contribution in [-0.4, -0.2) is 44.5 Å². The molecule has 0 bridgehead atoms. The molecule has 2 heterocycles. The van der Waals surface area contributed by atoms with E-state index in [-0.39, 0.29) is 17.5 Å². The van der Waals surface area contributed by atoms with Crippen molar-refractivity contribution in [3.05, 3.63) is 12.4 Å². The van der Waals surface area contributed by atoms with Gasteiger partial charge in [-0.15, -0.1) is 0 Å². The van der Waals surface area contributed by atoms with Crippen molar-refractivity contribution in [2.45, 2.75) is 64.0 Å². The molecule has 2 aliphatic rings. The zero-order chi connectivity index (χ0) is 16.7. The molecule has 0 radical (unpaired) electrons. The summed E-state index contributed by atoms with van der Waals surface area (Å²) >= 11 is 0. The average Bonchev–Trinajstić information content (AvgIpc) is 2.95. The van der Waals surface area contributed by atoms with Crippen LogP contribution in [-0.2, 0) is 5.54 Å². The Kier molecular flexibility index (Phi) is 4.12. The van der Waals surface area contributed by atoms with Gasteiger partial charge in [-0.25, -0.2) is 4.79 Å². The molecule has 1 aliphatic heterocycles. The van der Waals surface area contributed by atoms with E-state index in [1.165, 1.54) is 0 Å². The van der Waals surface area contributed by atoms with Crippen LogP contribution < -0.4 is 5.32 Å². The number of carbonyl (C=O) groups is 1. The van der Waals surface area contributed by atoms with E-state index in [9.17, 15) is 9.90 Å². The van der Waals surface area contributed by atoms with Gasteiger partial charge in [-0.2, -0.15) is 5.10 Å². The van der Waals surface area contributed by atoms with Crippen molar-refractivity contribution in [1.82, 2.24) is 14.7 Å². The molecule has 1 saturated heterocycles. The molecule has 2 atom stereocenters. The SMILES string of the molecule is CC(C)(C)n1cc(NC(=O)N2CCC3(O)CCCCC3C2)cn1. The minimum atomic E-state index is -0.549. The minimum absolute atomic E-state index is 0.0916. The maximum atomic E-state index is 12.5. The van der Waals surface area contributed by atoms with Gasteiger partial charge in [0.15, 0.2) is 0 Å². The Hall–Kier alpha value is -1.56. The van der Waals surface area contributed by atoms with E-state index < -0.39 is 5.60 Å². The lowest BCUT2D eigenvalue weighted by Gasteiger charge is -2.47. The van der Waals surface area contributed by atoms with Gasteiger partial charge in [0.05, 0.1) is 23.0 Å². The first kappa shape index (κ1) is 16.3. The predicted octanol–water partition coefficient (Wildman–Crippen LogP) is 2.80. The maximum absolute atomic E-state index is 12.5. The Balaban J connectivity index is 1.62. The lowest BCUT2D eigenvalue weighted by atomic mass is 9.71. The zero-order valence-electron chi connectivity index (χ0n) is 14.4. The Bertz CT molecular complexity index is 577. The molecule has 23 heavy (non-hydrogen) atoms. The average molecular weight is 320 g/mol. The van der Waals surface area contributed by atoms with Crippen molar-refractivity contribution in [2.75, 3.05) is 18.4 Å². The van der Waals surface area contributed by atoms with Gasteiger partial charge in [-0.1, -0.05) is 12.8 Å². The number of hydrogen-bond acceptors (Lipinski definition) is 3. The number of likely N-dealkylation sites (tertiary alicyclic amines) is 1. The molecule has 128 valence electrons. The Morgan fingerprint density at radius 2 is 2.17 bits per heavy atom. The maximum Gasteiger partial charge on any atom is 0.321 e. The first-order valence-electron chi connectivity index (χ1n) is 8.61. The molecular formula is C17H28N4O2. The fourth-order valence-corrected chi connectivity index (χ4v) is 3.71. The summed E-state index contributed by atoms with van der Waals surface area (Å²) in [7, 11) is 0. The summed E-state index contributed by atoms with van der Waals surface area (Å²) in [5.74, 6) is 0.216. The van der Waals surface area contributed by atoms with E-state index in [2.05, 4.69) is 31.2 Å². The van der Waals surface area contributed by atoms with Crippen LogP contribution in [0, 0.1) is 5.92 Å². The molecule has 1 aliphatic carbocycles. The van der Waals surface area contributed by atoms with Gasteiger partial charge in [-0.05, 0) is 40.0 Å². The Labute approximate surface area is 137 Å². The summed E-state index contributed by atoms with van der Waals surface area (Å²) in [6, 6.07) is -0.0916. The number of nitrogens with one attached hydrogen (secondary N) is 1. The van der Waals surface area contributed by atoms with Gasteiger partial charge in [0.2, 0.25) is 0 Å². The van der Waals surface area contributed by atoms with Crippen LogP contribution in [0.2, 0.25) is 0 Å². The van der Waals surface area contributed by atoms with Crippen LogP contribution in [0.15, 0.2) is 12.4 Å². The van der Waals surface area contributed by atoms with Crippen molar-refractivity contribution in [2.24, 2.45) is 5.92 Å². The van der Waals surface area contributed by atoms with E-state index in [4.69, 9.17) is 0 Å². The first-order chi connectivity index (χ1) is 10.8. The van der Waals surface area contributed by atoms with Gasteiger partial charge < -0.3 is 15.3 Å². The third-order valence-corrected chi connectivity index (χ3v) is 5.24. The molecule has 2 fully saturated rings. The smallest absolute Gasteiger partial charge is 0.321 e. The number of aliphatic hydroxyl groups is 1. The highest BCUT2D eigenvalue weighted by Crippen LogP contribution is 2.39. The summed E-state index contributed by atoms with van der Waals surface area (Å²) < 4.78 is 1.85. The van der Waals surface area contributed by atoms with E-state index >= 15 is 0 Å². The normalized spacial score (nSPS) is 28.3. The fourth-order valence-electron chi connectivity index (χ4n) is 3.71. The number of rotatable bonds is 1. The highest BCUT2D eigenvalue weighted by molar-refractivity contribution is 5.89. The topological polar surface area (TPSA) is 70.4 Å². The van der Waals surface area contributed by atoms with Crippen molar-refractivity contribution in [1.29, 1.82) is 0 Å². The lowest BCUT2D eigenvalue weighted by molar-refractivity contribution is -0.0863. The summed E-state index contributed by atoms with van der Waals surface area (Å²) in [6.07, 6.45) is 8.38. The minimum Gasteiger partial charge on any atom is -0.389 e. The third kappa shape index (κ3) is 3.37. The molecular weight excluding hydrogens is 292 g/mol. The van der Waals surface area contributed by atoms with Crippen molar-refractivity contribution < 1.29 is 9.90 Å². The molecule has 1 saturated carbocycles. The number of urea groups is 1. The van der Waals surface area contributed by atoms with Gasteiger partial charge in [0.25, 0.3) is 0 Å². The Morgan fingerprint density at radius 3 is 2.87 bits per heavy atom. The standard InChI is InChI=1S/C17H28N4O2/c1-16(2,3)21-12-14(10-18-21)19-15(22)20-9-8-17(23)7-5-4-6-13(17)11-20/h10,12-13,23H,4-9,11H2,1-3H3,(H,19,22). The molecule has 2 N–H and O–H groups in total. The molecule has 6 nitrogen and oxygen atoms in total. The van der Waals surface area contributed by atoms with Crippen LogP contribution >= 0.6 is 0 Å². The Morgan fingerprint density at radius 1 is 1.39 bits per heavy atom. The van der Waals surface area contributed by atoms with Gasteiger partial charge in [0, 0.05) is 25.2 Å². The largest absolute Gasteiger partial charge is 0.389 e. The molecule has 2 amide bonds. The number of carbonyl (C=O) groups excluding carboxylic acids is 1. The van der Waals surface area contributed by atoms with Gasteiger partial charge in [0.1, 0.15) is 0 Å². The molecule has 0 spiro atoms. The van der Waals surface area contributed by atoms with Crippen LogP contribution in [0.5, 0.6) is 0 Å². The molecule has 2 unspecified atom stereocenters. The van der Waals surface area contributed by atoms with Crippen molar-refractivity contribution >= 4 is 11.7 Å². The molecule has 1 aromatic rings. The number of amides is 2.